The van der Waals surface area contributed by atoms with Crippen LogP contribution in [0.5, 0.6) is 0 Å². The molecule has 1 atom stereocenters. The van der Waals surface area contributed by atoms with Crippen molar-refractivity contribution in [2.45, 2.75) is 19.0 Å². The molecule has 1 aliphatic heterocycles. The van der Waals surface area contributed by atoms with E-state index < -0.39 is 0 Å². The number of rotatable bonds is 3. The molecule has 0 amide bonds. The van der Waals surface area contributed by atoms with Gasteiger partial charge in [-0.1, -0.05) is 11.6 Å². The Hall–Kier alpha value is -0.450. The van der Waals surface area contributed by atoms with Crippen LogP contribution in [0.15, 0.2) is 12.3 Å². The highest BCUT2D eigenvalue weighted by molar-refractivity contribution is 7.99. The van der Waals surface area contributed by atoms with Crippen molar-refractivity contribution in [1.82, 2.24) is 4.98 Å². The monoisotopic (exact) mass is 257 g/mol. The molecule has 0 aliphatic carbocycles. The van der Waals surface area contributed by atoms with Crippen molar-refractivity contribution in [3.8, 4) is 0 Å². The Balaban J connectivity index is 2.25. The molecule has 1 aromatic rings. The van der Waals surface area contributed by atoms with E-state index in [2.05, 4.69) is 16.9 Å². The molecule has 3 nitrogen and oxygen atoms in total. The van der Waals surface area contributed by atoms with Gasteiger partial charge in [-0.15, -0.1) is 0 Å². The third-order valence-corrected chi connectivity index (χ3v) is 4.51. The number of pyridine rings is 1. The quantitative estimate of drug-likeness (QED) is 0.901. The van der Waals surface area contributed by atoms with Crippen LogP contribution in [0.25, 0.3) is 0 Å². The van der Waals surface area contributed by atoms with E-state index in [1.54, 1.807) is 6.20 Å². The minimum atomic E-state index is 0.460. The van der Waals surface area contributed by atoms with Gasteiger partial charge in [0.15, 0.2) is 0 Å². The first-order valence-corrected chi connectivity index (χ1v) is 6.91. The van der Waals surface area contributed by atoms with E-state index in [0.29, 0.717) is 17.6 Å². The molecule has 16 heavy (non-hydrogen) atoms. The van der Waals surface area contributed by atoms with E-state index in [9.17, 15) is 0 Å². The van der Waals surface area contributed by atoms with Crippen LogP contribution in [0.4, 0.5) is 5.82 Å². The van der Waals surface area contributed by atoms with Crippen LogP contribution in [0.3, 0.4) is 0 Å². The summed E-state index contributed by atoms with van der Waals surface area (Å²) < 4.78 is 0. The maximum atomic E-state index is 6.29. The van der Waals surface area contributed by atoms with Gasteiger partial charge in [0.1, 0.15) is 5.82 Å². The third kappa shape index (κ3) is 2.29. The lowest BCUT2D eigenvalue weighted by Gasteiger charge is -2.26. The topological polar surface area (TPSA) is 42.2 Å². The molecular weight excluding hydrogens is 242 g/mol. The minimum Gasteiger partial charge on any atom is -0.355 e. The SMILES string of the molecule is CN(c1nccc(CN)c1Cl)C1CCSC1. The lowest BCUT2D eigenvalue weighted by molar-refractivity contribution is 0.691. The molecule has 0 saturated carbocycles. The molecule has 1 fully saturated rings. The number of hydrogen-bond acceptors (Lipinski definition) is 4. The van der Waals surface area contributed by atoms with Gasteiger partial charge in [-0.3, -0.25) is 0 Å². The fraction of sp³-hybridized carbons (Fsp3) is 0.545. The number of anilines is 1. The van der Waals surface area contributed by atoms with Gasteiger partial charge < -0.3 is 10.6 Å². The number of nitrogens with zero attached hydrogens (tertiary/aromatic N) is 2. The first-order valence-electron chi connectivity index (χ1n) is 5.38. The summed E-state index contributed by atoms with van der Waals surface area (Å²) >= 11 is 8.28. The average molecular weight is 258 g/mol. The Morgan fingerprint density at radius 3 is 3.12 bits per heavy atom. The highest BCUT2D eigenvalue weighted by atomic mass is 35.5. The summed E-state index contributed by atoms with van der Waals surface area (Å²) in [5, 5.41) is 0.699. The molecule has 2 N–H and O–H groups in total. The highest BCUT2D eigenvalue weighted by Crippen LogP contribution is 2.30. The van der Waals surface area contributed by atoms with Crippen LogP contribution in [0.1, 0.15) is 12.0 Å². The molecule has 0 aromatic carbocycles. The van der Waals surface area contributed by atoms with Crippen LogP contribution in [0.2, 0.25) is 5.02 Å². The fourth-order valence-electron chi connectivity index (χ4n) is 1.88. The average Bonchev–Trinajstić information content (AvgIpc) is 2.82. The van der Waals surface area contributed by atoms with Crippen molar-refractivity contribution in [2.75, 3.05) is 23.5 Å². The fourth-order valence-corrected chi connectivity index (χ4v) is 3.47. The number of thioether (sulfide) groups is 1. The lowest BCUT2D eigenvalue weighted by atomic mass is 10.2. The van der Waals surface area contributed by atoms with Gasteiger partial charge in [0, 0.05) is 31.6 Å². The van der Waals surface area contributed by atoms with Gasteiger partial charge in [0.25, 0.3) is 0 Å². The molecule has 0 spiro atoms. The van der Waals surface area contributed by atoms with Gasteiger partial charge in [-0.25, -0.2) is 4.98 Å². The standard InChI is InChI=1S/C11H16ClN3S/c1-15(9-3-5-16-7-9)11-10(12)8(6-13)2-4-14-11/h2,4,9H,3,5-7,13H2,1H3. The summed E-state index contributed by atoms with van der Waals surface area (Å²) in [6.45, 7) is 0.460. The predicted molar refractivity (Wildman–Crippen MR) is 71.3 cm³/mol. The van der Waals surface area contributed by atoms with Crippen molar-refractivity contribution in [3.05, 3.63) is 22.8 Å². The Kier molecular flexibility index (Phi) is 3.95. The highest BCUT2D eigenvalue weighted by Gasteiger charge is 2.23. The van der Waals surface area contributed by atoms with Crippen molar-refractivity contribution in [2.24, 2.45) is 5.73 Å². The molecule has 2 heterocycles. The van der Waals surface area contributed by atoms with Crippen molar-refractivity contribution in [1.29, 1.82) is 0 Å². The third-order valence-electron chi connectivity index (χ3n) is 2.96. The second-order valence-corrected chi connectivity index (χ2v) is 5.47. The van der Waals surface area contributed by atoms with Gasteiger partial charge in [-0.05, 0) is 23.8 Å². The molecule has 5 heteroatoms. The second kappa shape index (κ2) is 5.25. The molecule has 2 rings (SSSR count). The number of halogens is 1. The normalized spacial score (nSPS) is 20.1. The second-order valence-electron chi connectivity index (χ2n) is 3.94. The van der Waals surface area contributed by atoms with Crippen LogP contribution >= 0.6 is 23.4 Å². The maximum absolute atomic E-state index is 6.29. The Morgan fingerprint density at radius 1 is 1.69 bits per heavy atom. The largest absolute Gasteiger partial charge is 0.355 e. The number of hydrogen-bond donors (Lipinski definition) is 1. The Bertz CT molecular complexity index is 366. The lowest BCUT2D eigenvalue weighted by Crippen LogP contribution is -2.32. The van der Waals surface area contributed by atoms with Crippen molar-refractivity contribution < 1.29 is 0 Å². The van der Waals surface area contributed by atoms with E-state index in [4.69, 9.17) is 17.3 Å². The molecule has 1 aliphatic rings. The van der Waals surface area contributed by atoms with E-state index in [1.165, 1.54) is 12.2 Å². The summed E-state index contributed by atoms with van der Waals surface area (Å²) in [6.07, 6.45) is 2.98. The summed E-state index contributed by atoms with van der Waals surface area (Å²) in [5.74, 6) is 3.24. The number of nitrogens with two attached hydrogens (primary N) is 1. The molecule has 0 bridgehead atoms. The van der Waals surface area contributed by atoms with Crippen LogP contribution in [-0.4, -0.2) is 29.6 Å². The minimum absolute atomic E-state index is 0.460. The Labute approximate surface area is 105 Å². The zero-order chi connectivity index (χ0) is 11.5. The maximum Gasteiger partial charge on any atom is 0.147 e. The van der Waals surface area contributed by atoms with E-state index in [-0.39, 0.29) is 0 Å². The number of aromatic nitrogens is 1. The first-order chi connectivity index (χ1) is 7.74. The van der Waals surface area contributed by atoms with E-state index >= 15 is 0 Å². The predicted octanol–water partition coefficient (Wildman–Crippen LogP) is 2.14. The van der Waals surface area contributed by atoms with Crippen LogP contribution < -0.4 is 10.6 Å². The van der Waals surface area contributed by atoms with Gasteiger partial charge in [0.05, 0.1) is 5.02 Å². The molecule has 1 saturated heterocycles. The smallest absolute Gasteiger partial charge is 0.147 e. The molecule has 1 unspecified atom stereocenters. The van der Waals surface area contributed by atoms with E-state index in [1.807, 2.05) is 17.8 Å². The molecular formula is C11H16ClN3S. The van der Waals surface area contributed by atoms with Crippen molar-refractivity contribution >= 4 is 29.2 Å². The summed E-state index contributed by atoms with van der Waals surface area (Å²) in [6, 6.07) is 2.42. The van der Waals surface area contributed by atoms with Gasteiger partial charge in [0.2, 0.25) is 0 Å². The first kappa shape index (κ1) is 12.0. The van der Waals surface area contributed by atoms with Gasteiger partial charge >= 0.3 is 0 Å². The van der Waals surface area contributed by atoms with Crippen LogP contribution in [-0.2, 0) is 6.54 Å². The summed E-state index contributed by atoms with van der Waals surface area (Å²) in [7, 11) is 2.06. The molecule has 1 aromatic heterocycles. The van der Waals surface area contributed by atoms with Gasteiger partial charge in [-0.2, -0.15) is 11.8 Å². The molecule has 88 valence electrons. The summed E-state index contributed by atoms with van der Waals surface area (Å²) in [4.78, 5) is 6.54. The van der Waals surface area contributed by atoms with E-state index in [0.717, 1.165) is 17.1 Å². The molecule has 0 radical (unpaired) electrons. The summed E-state index contributed by atoms with van der Waals surface area (Å²) in [5.41, 5.74) is 6.60. The van der Waals surface area contributed by atoms with Crippen LogP contribution in [0, 0.1) is 0 Å². The van der Waals surface area contributed by atoms with Crippen molar-refractivity contribution in [3.63, 3.8) is 0 Å². The zero-order valence-corrected chi connectivity index (χ0v) is 10.9. The zero-order valence-electron chi connectivity index (χ0n) is 9.32. The Morgan fingerprint density at radius 2 is 2.50 bits per heavy atom.